The molecule has 1 aliphatic heterocycles. The highest BCUT2D eigenvalue weighted by Gasteiger charge is 2.36. The summed E-state index contributed by atoms with van der Waals surface area (Å²) in [5, 5.41) is 10.4. The molecule has 0 saturated heterocycles. The number of benzene rings is 1. The Hall–Kier alpha value is -1.35. The van der Waals surface area contributed by atoms with E-state index in [9.17, 15) is 9.90 Å². The molecule has 1 atom stereocenters. The van der Waals surface area contributed by atoms with Crippen LogP contribution in [0.25, 0.3) is 0 Å². The fourth-order valence-corrected chi connectivity index (χ4v) is 3.71. The molecular formula is C17H23NO2. The Labute approximate surface area is 120 Å². The molecule has 0 bridgehead atoms. The third-order valence-electron chi connectivity index (χ3n) is 4.93. The highest BCUT2D eigenvalue weighted by atomic mass is 16.3. The van der Waals surface area contributed by atoms with Gasteiger partial charge in [-0.25, -0.2) is 0 Å². The van der Waals surface area contributed by atoms with E-state index in [1.807, 2.05) is 11.0 Å². The third kappa shape index (κ3) is 2.47. The Kier molecular flexibility index (Phi) is 3.55. The number of carbonyl (C=O) groups excluding carboxylic acids is 1. The van der Waals surface area contributed by atoms with Crippen molar-refractivity contribution in [3.63, 3.8) is 0 Å². The highest BCUT2D eigenvalue weighted by molar-refractivity contribution is 5.78. The van der Waals surface area contributed by atoms with E-state index in [0.717, 1.165) is 38.6 Å². The Bertz CT molecular complexity index is 505. The molecule has 20 heavy (non-hydrogen) atoms. The molecule has 0 radical (unpaired) electrons. The minimum atomic E-state index is -0.742. The molecule has 1 aromatic rings. The predicted octanol–water partition coefficient (Wildman–Crippen LogP) is 2.83. The van der Waals surface area contributed by atoms with Crippen molar-refractivity contribution in [3.05, 3.63) is 35.4 Å². The lowest BCUT2D eigenvalue weighted by molar-refractivity contribution is -0.138. The van der Waals surface area contributed by atoms with Crippen LogP contribution in [0.4, 0.5) is 0 Å². The van der Waals surface area contributed by atoms with Gasteiger partial charge < -0.3 is 10.0 Å². The molecule has 3 nitrogen and oxygen atoms in total. The number of nitrogens with zero attached hydrogens (tertiary/aromatic N) is 1. The summed E-state index contributed by atoms with van der Waals surface area (Å²) in [5.74, 6) is 0.108. The van der Waals surface area contributed by atoms with E-state index in [2.05, 4.69) is 25.1 Å². The summed E-state index contributed by atoms with van der Waals surface area (Å²) in [6.07, 6.45) is 4.85. The quantitative estimate of drug-likeness (QED) is 0.900. The minimum absolute atomic E-state index is 0.108. The van der Waals surface area contributed by atoms with Crippen LogP contribution >= 0.6 is 0 Å². The van der Waals surface area contributed by atoms with Crippen molar-refractivity contribution in [1.82, 2.24) is 4.90 Å². The summed E-state index contributed by atoms with van der Waals surface area (Å²) in [6.45, 7) is 2.86. The highest BCUT2D eigenvalue weighted by Crippen LogP contribution is 2.35. The van der Waals surface area contributed by atoms with Crippen LogP contribution in [-0.2, 0) is 11.2 Å². The zero-order valence-electron chi connectivity index (χ0n) is 12.1. The molecular weight excluding hydrogens is 250 g/mol. The van der Waals surface area contributed by atoms with Gasteiger partial charge >= 0.3 is 0 Å². The smallest absolute Gasteiger partial charge is 0.225 e. The fourth-order valence-electron chi connectivity index (χ4n) is 3.71. The van der Waals surface area contributed by atoms with Gasteiger partial charge in [0.2, 0.25) is 5.91 Å². The lowest BCUT2D eigenvalue weighted by Crippen LogP contribution is -2.42. The van der Waals surface area contributed by atoms with Crippen molar-refractivity contribution in [2.24, 2.45) is 0 Å². The first kappa shape index (κ1) is 13.6. The molecule has 1 heterocycles. The van der Waals surface area contributed by atoms with Gasteiger partial charge in [0.25, 0.3) is 0 Å². The topological polar surface area (TPSA) is 40.5 Å². The number of hydrogen-bond acceptors (Lipinski definition) is 2. The second-order valence-corrected chi connectivity index (χ2v) is 6.32. The number of aliphatic hydroxyl groups is 1. The first-order valence-corrected chi connectivity index (χ1v) is 7.69. The molecule has 1 fully saturated rings. The first-order chi connectivity index (χ1) is 9.59. The monoisotopic (exact) mass is 273 g/mol. The minimum Gasteiger partial charge on any atom is -0.389 e. The molecule has 0 aromatic heterocycles. The number of amides is 1. The van der Waals surface area contributed by atoms with Gasteiger partial charge in [-0.15, -0.1) is 0 Å². The number of hydrogen-bond donors (Lipinski definition) is 1. The van der Waals surface area contributed by atoms with Crippen LogP contribution in [0, 0.1) is 0 Å². The summed E-state index contributed by atoms with van der Waals surface area (Å²) >= 11 is 0. The largest absolute Gasteiger partial charge is 0.389 e. The molecule has 2 aliphatic rings. The van der Waals surface area contributed by atoms with Crippen LogP contribution in [0.2, 0.25) is 0 Å². The standard InChI is InChI=1S/C17H23NO2/c1-13-15-7-3-2-6-14(15)8-11-18(13)16(19)12-17(20)9-4-5-10-17/h2-3,6-7,13,20H,4-5,8-12H2,1H3. The summed E-state index contributed by atoms with van der Waals surface area (Å²) in [5.41, 5.74) is 1.86. The van der Waals surface area contributed by atoms with Gasteiger partial charge in [-0.3, -0.25) is 4.79 Å². The zero-order chi connectivity index (χ0) is 14.2. The molecule has 1 saturated carbocycles. The summed E-state index contributed by atoms with van der Waals surface area (Å²) in [6, 6.07) is 8.48. The summed E-state index contributed by atoms with van der Waals surface area (Å²) < 4.78 is 0. The molecule has 1 amide bonds. The third-order valence-corrected chi connectivity index (χ3v) is 4.93. The van der Waals surface area contributed by atoms with Gasteiger partial charge in [0.1, 0.15) is 0 Å². The molecule has 3 rings (SSSR count). The molecule has 1 unspecified atom stereocenters. The van der Waals surface area contributed by atoms with Gasteiger partial charge in [-0.1, -0.05) is 37.1 Å². The average molecular weight is 273 g/mol. The molecule has 1 N–H and O–H groups in total. The number of rotatable bonds is 2. The normalized spacial score (nSPS) is 24.5. The first-order valence-electron chi connectivity index (χ1n) is 7.69. The van der Waals surface area contributed by atoms with Crippen LogP contribution in [0.15, 0.2) is 24.3 Å². The van der Waals surface area contributed by atoms with E-state index in [0.29, 0.717) is 6.42 Å². The van der Waals surface area contributed by atoms with Gasteiger partial charge in [0.15, 0.2) is 0 Å². The Morgan fingerprint density at radius 3 is 2.80 bits per heavy atom. The van der Waals surface area contributed by atoms with Crippen LogP contribution in [0.1, 0.15) is 56.2 Å². The number of fused-ring (bicyclic) bond motifs is 1. The SMILES string of the molecule is CC1c2ccccc2CCN1C(=O)CC1(O)CCCC1. The van der Waals surface area contributed by atoms with E-state index < -0.39 is 5.60 Å². The van der Waals surface area contributed by atoms with E-state index in [1.54, 1.807) is 0 Å². The number of carbonyl (C=O) groups is 1. The van der Waals surface area contributed by atoms with Crippen molar-refractivity contribution in [3.8, 4) is 0 Å². The van der Waals surface area contributed by atoms with E-state index >= 15 is 0 Å². The van der Waals surface area contributed by atoms with Crippen molar-refractivity contribution >= 4 is 5.91 Å². The molecule has 1 aliphatic carbocycles. The molecule has 3 heteroatoms. The Morgan fingerprint density at radius 2 is 2.05 bits per heavy atom. The zero-order valence-corrected chi connectivity index (χ0v) is 12.1. The van der Waals surface area contributed by atoms with Crippen molar-refractivity contribution in [2.75, 3.05) is 6.54 Å². The van der Waals surface area contributed by atoms with E-state index in [-0.39, 0.29) is 11.9 Å². The maximum atomic E-state index is 12.5. The molecule has 108 valence electrons. The van der Waals surface area contributed by atoms with Crippen LogP contribution in [-0.4, -0.2) is 28.1 Å². The van der Waals surface area contributed by atoms with Gasteiger partial charge in [-0.2, -0.15) is 0 Å². The predicted molar refractivity (Wildman–Crippen MR) is 78.3 cm³/mol. The Balaban J connectivity index is 1.73. The maximum Gasteiger partial charge on any atom is 0.225 e. The van der Waals surface area contributed by atoms with Gasteiger partial charge in [0, 0.05) is 6.54 Å². The fraction of sp³-hybridized carbons (Fsp3) is 0.588. The van der Waals surface area contributed by atoms with Crippen molar-refractivity contribution in [1.29, 1.82) is 0 Å². The summed E-state index contributed by atoms with van der Waals surface area (Å²) in [7, 11) is 0. The van der Waals surface area contributed by atoms with E-state index in [1.165, 1.54) is 11.1 Å². The van der Waals surface area contributed by atoms with Gasteiger partial charge in [0.05, 0.1) is 18.1 Å². The van der Waals surface area contributed by atoms with Crippen LogP contribution in [0.5, 0.6) is 0 Å². The lowest BCUT2D eigenvalue weighted by Gasteiger charge is -2.37. The molecule has 0 spiro atoms. The average Bonchev–Trinajstić information content (AvgIpc) is 2.85. The second kappa shape index (κ2) is 5.21. The lowest BCUT2D eigenvalue weighted by atomic mass is 9.91. The van der Waals surface area contributed by atoms with Gasteiger partial charge in [-0.05, 0) is 37.3 Å². The maximum absolute atomic E-state index is 12.5. The van der Waals surface area contributed by atoms with E-state index in [4.69, 9.17) is 0 Å². The summed E-state index contributed by atoms with van der Waals surface area (Å²) in [4.78, 5) is 14.5. The van der Waals surface area contributed by atoms with Crippen LogP contribution < -0.4 is 0 Å². The van der Waals surface area contributed by atoms with Crippen molar-refractivity contribution in [2.45, 2.75) is 57.1 Å². The molecule has 1 aromatic carbocycles. The van der Waals surface area contributed by atoms with Crippen LogP contribution in [0.3, 0.4) is 0 Å². The van der Waals surface area contributed by atoms with Crippen molar-refractivity contribution < 1.29 is 9.90 Å². The second-order valence-electron chi connectivity index (χ2n) is 6.32. The Morgan fingerprint density at radius 1 is 1.35 bits per heavy atom.